The quantitative estimate of drug-likeness (QED) is 0.324. The summed E-state index contributed by atoms with van der Waals surface area (Å²) in [4.78, 5) is 18.9. The van der Waals surface area contributed by atoms with E-state index < -0.39 is 17.5 Å². The molecule has 0 unspecified atom stereocenters. The van der Waals surface area contributed by atoms with Gasteiger partial charge in [-0.05, 0) is 73.2 Å². The third-order valence-corrected chi connectivity index (χ3v) is 6.70. The molecule has 0 saturated carbocycles. The first-order chi connectivity index (χ1) is 17.0. The van der Waals surface area contributed by atoms with E-state index in [4.69, 9.17) is 0 Å². The Hall–Kier alpha value is -3.61. The smallest absolute Gasteiger partial charge is 0.222 e. The molecule has 7 heteroatoms. The summed E-state index contributed by atoms with van der Waals surface area (Å²) in [6.07, 6.45) is 4.49. The molecule has 0 aliphatic carbocycles. The number of piperidine rings is 1. The number of benzene rings is 2. The first-order valence-electron chi connectivity index (χ1n) is 12.0. The number of likely N-dealkylation sites (tertiary alicyclic amines) is 1. The first kappa shape index (κ1) is 23.1. The number of aromatic nitrogens is 2. The van der Waals surface area contributed by atoms with Gasteiger partial charge in [0, 0.05) is 37.2 Å². The molecule has 0 atom stereocenters. The van der Waals surface area contributed by atoms with Gasteiger partial charge in [-0.25, -0.2) is 13.2 Å². The van der Waals surface area contributed by atoms with E-state index >= 15 is 0 Å². The van der Waals surface area contributed by atoms with Crippen molar-refractivity contribution in [3.8, 4) is 17.1 Å². The van der Waals surface area contributed by atoms with Crippen molar-refractivity contribution in [3.63, 3.8) is 0 Å². The molecule has 0 bridgehead atoms. The van der Waals surface area contributed by atoms with Crippen molar-refractivity contribution < 1.29 is 18.0 Å². The minimum Gasteiger partial charge on any atom is -0.343 e. The van der Waals surface area contributed by atoms with Gasteiger partial charge in [-0.1, -0.05) is 13.0 Å². The van der Waals surface area contributed by atoms with Crippen LogP contribution in [0.4, 0.5) is 13.2 Å². The molecule has 1 fully saturated rings. The lowest BCUT2D eigenvalue weighted by molar-refractivity contribution is -0.132. The van der Waals surface area contributed by atoms with Crippen molar-refractivity contribution in [2.45, 2.75) is 38.5 Å². The second-order valence-electron chi connectivity index (χ2n) is 9.01. The third kappa shape index (κ3) is 4.43. The fourth-order valence-corrected chi connectivity index (χ4v) is 5.18. The monoisotopic (exact) mass is 477 g/mol. The number of hydrogen-bond acceptors (Lipinski definition) is 2. The molecule has 1 aliphatic heterocycles. The molecule has 1 aliphatic rings. The Morgan fingerprint density at radius 1 is 0.971 bits per heavy atom. The van der Waals surface area contributed by atoms with Crippen molar-refractivity contribution >= 4 is 16.8 Å². The van der Waals surface area contributed by atoms with E-state index in [1.54, 1.807) is 22.9 Å². The van der Waals surface area contributed by atoms with E-state index in [0.717, 1.165) is 36.3 Å². The molecule has 1 amide bonds. The number of nitrogens with zero attached hydrogens (tertiary/aromatic N) is 3. The van der Waals surface area contributed by atoms with Crippen molar-refractivity contribution in [3.05, 3.63) is 83.8 Å². The van der Waals surface area contributed by atoms with Gasteiger partial charge in [0.15, 0.2) is 0 Å². The summed E-state index contributed by atoms with van der Waals surface area (Å²) in [6, 6.07) is 13.3. The SMILES string of the molecule is CCCC(=O)N1CCC(c2c(-c3ccccn3)n(-c3cc(F)cc(F)c3)c3cc(F)ccc23)CC1. The maximum absolute atomic E-state index is 14.5. The van der Waals surface area contributed by atoms with Crippen LogP contribution in [-0.4, -0.2) is 33.4 Å². The molecule has 0 radical (unpaired) electrons. The van der Waals surface area contributed by atoms with Crippen molar-refractivity contribution in [2.24, 2.45) is 0 Å². The topological polar surface area (TPSA) is 38.1 Å². The minimum atomic E-state index is -0.713. The summed E-state index contributed by atoms with van der Waals surface area (Å²) >= 11 is 0. The lowest BCUT2D eigenvalue weighted by Crippen LogP contribution is -2.37. The molecule has 180 valence electrons. The van der Waals surface area contributed by atoms with Gasteiger partial charge in [-0.3, -0.25) is 9.78 Å². The van der Waals surface area contributed by atoms with Crippen LogP contribution < -0.4 is 0 Å². The largest absolute Gasteiger partial charge is 0.343 e. The highest BCUT2D eigenvalue weighted by Gasteiger charge is 2.30. The Morgan fingerprint density at radius 3 is 2.37 bits per heavy atom. The zero-order valence-electron chi connectivity index (χ0n) is 19.5. The highest BCUT2D eigenvalue weighted by atomic mass is 19.1. The maximum atomic E-state index is 14.5. The van der Waals surface area contributed by atoms with Crippen LogP contribution in [0.2, 0.25) is 0 Å². The van der Waals surface area contributed by atoms with Crippen LogP contribution in [0.15, 0.2) is 60.8 Å². The van der Waals surface area contributed by atoms with Gasteiger partial charge >= 0.3 is 0 Å². The Bertz CT molecular complexity index is 1360. The summed E-state index contributed by atoms with van der Waals surface area (Å²) in [5.41, 5.74) is 3.07. The fourth-order valence-electron chi connectivity index (χ4n) is 5.18. The summed E-state index contributed by atoms with van der Waals surface area (Å²) < 4.78 is 44.8. The Labute approximate surface area is 202 Å². The summed E-state index contributed by atoms with van der Waals surface area (Å²) in [5.74, 6) is -1.63. The lowest BCUT2D eigenvalue weighted by atomic mass is 9.86. The number of rotatable bonds is 5. The summed E-state index contributed by atoms with van der Waals surface area (Å²) in [5, 5.41) is 0.815. The number of hydrogen-bond donors (Lipinski definition) is 0. The Kier molecular flexibility index (Phi) is 6.32. The van der Waals surface area contributed by atoms with Crippen molar-refractivity contribution in [2.75, 3.05) is 13.1 Å². The molecular weight excluding hydrogens is 451 g/mol. The number of amides is 1. The lowest BCUT2D eigenvalue weighted by Gasteiger charge is -2.32. The standard InChI is InChI=1S/C28H26F3N3O/c1-2-5-26(35)33-12-9-18(10-13-33)27-23-8-7-19(29)17-25(23)34(22-15-20(30)14-21(31)16-22)28(27)24-6-3-4-11-32-24/h3-4,6-8,11,14-18H,2,5,9-10,12-13H2,1H3. The Morgan fingerprint density at radius 2 is 1.71 bits per heavy atom. The number of halogens is 3. The van der Waals surface area contributed by atoms with Crippen molar-refractivity contribution in [1.29, 1.82) is 0 Å². The van der Waals surface area contributed by atoms with Crippen LogP contribution in [0.3, 0.4) is 0 Å². The highest BCUT2D eigenvalue weighted by Crippen LogP contribution is 2.43. The van der Waals surface area contributed by atoms with E-state index in [0.29, 0.717) is 36.4 Å². The average Bonchev–Trinajstić information content (AvgIpc) is 3.18. The number of fused-ring (bicyclic) bond motifs is 1. The van der Waals surface area contributed by atoms with Gasteiger partial charge in [-0.2, -0.15) is 0 Å². The van der Waals surface area contributed by atoms with Gasteiger partial charge in [0.1, 0.15) is 17.5 Å². The van der Waals surface area contributed by atoms with Gasteiger partial charge < -0.3 is 9.47 Å². The third-order valence-electron chi connectivity index (χ3n) is 6.70. The molecule has 3 heterocycles. The van der Waals surface area contributed by atoms with Crippen molar-refractivity contribution in [1.82, 2.24) is 14.5 Å². The average molecular weight is 478 g/mol. The van der Waals surface area contributed by atoms with Crippen LogP contribution in [0.25, 0.3) is 28.0 Å². The minimum absolute atomic E-state index is 0.0744. The summed E-state index contributed by atoms with van der Waals surface area (Å²) in [7, 11) is 0. The first-order valence-corrected chi connectivity index (χ1v) is 12.0. The van der Waals surface area contributed by atoms with Gasteiger partial charge in [0.25, 0.3) is 0 Å². The van der Waals surface area contributed by atoms with Crippen LogP contribution >= 0.6 is 0 Å². The van der Waals surface area contributed by atoms with E-state index in [-0.39, 0.29) is 17.5 Å². The van der Waals surface area contributed by atoms with Crippen LogP contribution in [0.1, 0.15) is 44.1 Å². The van der Waals surface area contributed by atoms with Crippen LogP contribution in [-0.2, 0) is 4.79 Å². The normalized spacial score (nSPS) is 14.6. The van der Waals surface area contributed by atoms with E-state index in [2.05, 4.69) is 4.98 Å². The molecule has 0 N–H and O–H groups in total. The molecule has 5 rings (SSSR count). The maximum Gasteiger partial charge on any atom is 0.222 e. The second kappa shape index (κ2) is 9.56. The molecule has 35 heavy (non-hydrogen) atoms. The number of pyridine rings is 1. The van der Waals surface area contributed by atoms with Gasteiger partial charge in [0.05, 0.1) is 22.6 Å². The zero-order valence-corrected chi connectivity index (χ0v) is 19.5. The zero-order chi connectivity index (χ0) is 24.5. The van der Waals surface area contributed by atoms with Crippen LogP contribution in [0.5, 0.6) is 0 Å². The molecule has 2 aromatic heterocycles. The fraction of sp³-hybridized carbons (Fsp3) is 0.286. The van der Waals surface area contributed by atoms with Gasteiger partial charge in [-0.15, -0.1) is 0 Å². The van der Waals surface area contributed by atoms with Gasteiger partial charge in [0.2, 0.25) is 5.91 Å². The number of carbonyl (C=O) groups is 1. The van der Waals surface area contributed by atoms with E-state index in [1.807, 2.05) is 24.0 Å². The molecule has 0 spiro atoms. The Balaban J connectivity index is 1.72. The van der Waals surface area contributed by atoms with E-state index in [1.165, 1.54) is 24.3 Å². The summed E-state index contributed by atoms with van der Waals surface area (Å²) in [6.45, 7) is 3.26. The molecule has 4 aromatic rings. The predicted molar refractivity (Wildman–Crippen MR) is 130 cm³/mol. The molecule has 2 aromatic carbocycles. The molecule has 4 nitrogen and oxygen atoms in total. The second-order valence-corrected chi connectivity index (χ2v) is 9.01. The molecule has 1 saturated heterocycles. The highest BCUT2D eigenvalue weighted by molar-refractivity contribution is 5.94. The predicted octanol–water partition coefficient (Wildman–Crippen LogP) is 6.62. The van der Waals surface area contributed by atoms with Crippen LogP contribution in [0, 0.1) is 17.5 Å². The molecular formula is C28H26F3N3O. The van der Waals surface area contributed by atoms with E-state index in [9.17, 15) is 18.0 Å². The number of carbonyl (C=O) groups excluding carboxylic acids is 1.